The normalized spacial score (nSPS) is 10.4. The van der Waals surface area contributed by atoms with E-state index in [1.807, 2.05) is 0 Å². The lowest BCUT2D eigenvalue weighted by Gasteiger charge is -2.12. The summed E-state index contributed by atoms with van der Waals surface area (Å²) >= 11 is 6.15. The molecule has 0 heterocycles. The maximum absolute atomic E-state index is 11.1. The van der Waals surface area contributed by atoms with E-state index >= 15 is 0 Å². The lowest BCUT2D eigenvalue weighted by atomic mass is 10.2. The molecule has 0 saturated carbocycles. The van der Waals surface area contributed by atoms with Gasteiger partial charge in [0.25, 0.3) is 0 Å². The van der Waals surface area contributed by atoms with Crippen molar-refractivity contribution in [3.05, 3.63) is 62.7 Å². The van der Waals surface area contributed by atoms with E-state index in [1.165, 1.54) is 6.07 Å². The highest BCUT2D eigenvalue weighted by atomic mass is 35.5. The number of nitro benzene ring substituents is 1. The smallest absolute Gasteiger partial charge is 0.311 e. The molecule has 2 aromatic carbocycles. The molecule has 0 aromatic heterocycles. The first-order valence-electron chi connectivity index (χ1n) is 6.38. The molecule has 0 aliphatic rings. The van der Waals surface area contributed by atoms with Crippen molar-refractivity contribution in [2.24, 2.45) is 0 Å². The lowest BCUT2D eigenvalue weighted by molar-refractivity contribution is -0.385. The van der Waals surface area contributed by atoms with Crippen LogP contribution in [0.3, 0.4) is 0 Å². The highest BCUT2D eigenvalue weighted by Gasteiger charge is 2.17. The third-order valence-electron chi connectivity index (χ3n) is 2.96. The summed E-state index contributed by atoms with van der Waals surface area (Å²) in [7, 11) is 1.79. The number of nitrogens with zero attached hydrogens (tertiary/aromatic N) is 1. The lowest BCUT2D eigenvalue weighted by Crippen LogP contribution is -2.07. The number of aryl methyl sites for hydroxylation is 1. The van der Waals surface area contributed by atoms with Crippen LogP contribution in [0.5, 0.6) is 11.5 Å². The van der Waals surface area contributed by atoms with E-state index in [2.05, 4.69) is 5.32 Å². The Hall–Kier alpha value is -2.11. The first-order valence-corrected chi connectivity index (χ1v) is 6.75. The van der Waals surface area contributed by atoms with Crippen molar-refractivity contribution in [1.29, 1.82) is 0 Å². The molecule has 5 nitrogen and oxygen atoms in total. The van der Waals surface area contributed by atoms with Crippen LogP contribution in [0, 0.1) is 17.0 Å². The van der Waals surface area contributed by atoms with Crippen LogP contribution in [-0.4, -0.2) is 12.0 Å². The number of nitrogens with one attached hydrogen (secondary N) is 1. The SMILES string of the molecule is CNCc1c(Cl)cccc1Oc1ccc(C)cc1[N+](=O)[O-]. The second-order valence-electron chi connectivity index (χ2n) is 4.58. The molecule has 110 valence electrons. The standard InChI is InChI=1S/C15H15ClN2O3/c1-10-6-7-15(13(8-10)18(19)20)21-14-5-3-4-12(16)11(14)9-17-2/h3-8,17H,9H2,1-2H3. The molecule has 0 atom stereocenters. The van der Waals surface area contributed by atoms with Gasteiger partial charge in [-0.15, -0.1) is 0 Å². The van der Waals surface area contributed by atoms with Gasteiger partial charge >= 0.3 is 5.69 Å². The zero-order valence-corrected chi connectivity index (χ0v) is 12.5. The minimum atomic E-state index is -0.454. The van der Waals surface area contributed by atoms with Crippen LogP contribution in [0.2, 0.25) is 5.02 Å². The summed E-state index contributed by atoms with van der Waals surface area (Å²) in [6.07, 6.45) is 0. The van der Waals surface area contributed by atoms with Gasteiger partial charge in [0.2, 0.25) is 5.75 Å². The average molecular weight is 307 g/mol. The van der Waals surface area contributed by atoms with Gasteiger partial charge < -0.3 is 10.1 Å². The zero-order chi connectivity index (χ0) is 15.4. The van der Waals surface area contributed by atoms with Crippen molar-refractivity contribution in [3.63, 3.8) is 0 Å². The van der Waals surface area contributed by atoms with Gasteiger partial charge in [0.05, 0.1) is 4.92 Å². The number of rotatable bonds is 5. The van der Waals surface area contributed by atoms with Crippen molar-refractivity contribution < 1.29 is 9.66 Å². The summed E-state index contributed by atoms with van der Waals surface area (Å²) in [6, 6.07) is 10.1. The molecule has 0 radical (unpaired) electrons. The zero-order valence-electron chi connectivity index (χ0n) is 11.7. The van der Waals surface area contributed by atoms with Crippen molar-refractivity contribution in [3.8, 4) is 11.5 Å². The van der Waals surface area contributed by atoms with E-state index in [1.54, 1.807) is 44.3 Å². The second kappa shape index (κ2) is 6.56. The van der Waals surface area contributed by atoms with E-state index in [-0.39, 0.29) is 11.4 Å². The molecule has 2 aromatic rings. The van der Waals surface area contributed by atoms with Crippen molar-refractivity contribution in [2.75, 3.05) is 7.05 Å². The van der Waals surface area contributed by atoms with E-state index in [9.17, 15) is 10.1 Å². The van der Waals surface area contributed by atoms with E-state index < -0.39 is 4.92 Å². The Morgan fingerprint density at radius 3 is 2.71 bits per heavy atom. The van der Waals surface area contributed by atoms with Gasteiger partial charge in [-0.3, -0.25) is 10.1 Å². The Labute approximate surface area is 127 Å². The molecule has 0 spiro atoms. The number of ether oxygens (including phenoxy) is 1. The highest BCUT2D eigenvalue weighted by Crippen LogP contribution is 2.35. The summed E-state index contributed by atoms with van der Waals surface area (Å²) in [4.78, 5) is 10.7. The molecule has 6 heteroatoms. The van der Waals surface area contributed by atoms with Crippen LogP contribution in [-0.2, 0) is 6.54 Å². The van der Waals surface area contributed by atoms with Gasteiger partial charge in [-0.25, -0.2) is 0 Å². The van der Waals surface area contributed by atoms with E-state index in [0.29, 0.717) is 17.3 Å². The molecule has 0 aliphatic carbocycles. The number of hydrogen-bond donors (Lipinski definition) is 1. The molecule has 0 bridgehead atoms. The summed E-state index contributed by atoms with van der Waals surface area (Å²) in [5.41, 5.74) is 1.50. The minimum absolute atomic E-state index is 0.0645. The van der Waals surface area contributed by atoms with Crippen molar-refractivity contribution in [1.82, 2.24) is 5.32 Å². The number of halogens is 1. The predicted octanol–water partition coefficient (Wildman–Crippen LogP) is 4.07. The van der Waals surface area contributed by atoms with Crippen LogP contribution in [0.15, 0.2) is 36.4 Å². The molecule has 21 heavy (non-hydrogen) atoms. The first kappa shape index (κ1) is 15.3. The third-order valence-corrected chi connectivity index (χ3v) is 3.31. The number of nitro groups is 1. The molecule has 1 N–H and O–H groups in total. The third kappa shape index (κ3) is 3.51. The Kier molecular flexibility index (Phi) is 4.77. The Bertz CT molecular complexity index is 674. The van der Waals surface area contributed by atoms with E-state index in [4.69, 9.17) is 16.3 Å². The molecule has 0 unspecified atom stereocenters. The maximum Gasteiger partial charge on any atom is 0.311 e. The van der Waals surface area contributed by atoms with Gasteiger partial charge in [0.1, 0.15) is 5.75 Å². The molecule has 0 saturated heterocycles. The summed E-state index contributed by atoms with van der Waals surface area (Å²) in [5, 5.41) is 14.7. The minimum Gasteiger partial charge on any atom is -0.450 e. The molecule has 0 amide bonds. The molecule has 0 aliphatic heterocycles. The van der Waals surface area contributed by atoms with Crippen molar-refractivity contribution >= 4 is 17.3 Å². The van der Waals surface area contributed by atoms with E-state index in [0.717, 1.165) is 11.1 Å². The van der Waals surface area contributed by atoms with Gasteiger partial charge in [-0.1, -0.05) is 23.7 Å². The van der Waals surface area contributed by atoms with Gasteiger partial charge in [0.15, 0.2) is 0 Å². The molecule has 0 fully saturated rings. The van der Waals surface area contributed by atoms with Gasteiger partial charge in [-0.2, -0.15) is 0 Å². The van der Waals surface area contributed by atoms with Crippen LogP contribution in [0.4, 0.5) is 5.69 Å². The van der Waals surface area contributed by atoms with Gasteiger partial charge in [-0.05, 0) is 37.7 Å². The molecular formula is C15H15ClN2O3. The molecule has 2 rings (SSSR count). The largest absolute Gasteiger partial charge is 0.450 e. The highest BCUT2D eigenvalue weighted by molar-refractivity contribution is 6.31. The first-order chi connectivity index (χ1) is 10.0. The van der Waals surface area contributed by atoms with Crippen LogP contribution in [0.1, 0.15) is 11.1 Å². The number of hydrogen-bond acceptors (Lipinski definition) is 4. The monoisotopic (exact) mass is 306 g/mol. The Morgan fingerprint density at radius 1 is 1.29 bits per heavy atom. The second-order valence-corrected chi connectivity index (χ2v) is 4.98. The predicted molar refractivity (Wildman–Crippen MR) is 82.1 cm³/mol. The fourth-order valence-corrected chi connectivity index (χ4v) is 2.19. The fourth-order valence-electron chi connectivity index (χ4n) is 1.96. The number of benzene rings is 2. The van der Waals surface area contributed by atoms with Crippen LogP contribution < -0.4 is 10.1 Å². The van der Waals surface area contributed by atoms with Crippen LogP contribution in [0.25, 0.3) is 0 Å². The summed E-state index contributed by atoms with van der Waals surface area (Å²) in [6.45, 7) is 2.30. The summed E-state index contributed by atoms with van der Waals surface area (Å²) in [5.74, 6) is 0.703. The Balaban J connectivity index is 2.43. The quantitative estimate of drug-likeness (QED) is 0.668. The maximum atomic E-state index is 11.1. The molecular weight excluding hydrogens is 292 g/mol. The fraction of sp³-hybridized carbons (Fsp3) is 0.200. The average Bonchev–Trinajstić information content (AvgIpc) is 2.44. The van der Waals surface area contributed by atoms with Gasteiger partial charge in [0, 0.05) is 23.2 Å². The van der Waals surface area contributed by atoms with Crippen LogP contribution >= 0.6 is 11.6 Å². The summed E-state index contributed by atoms with van der Waals surface area (Å²) < 4.78 is 5.72. The Morgan fingerprint density at radius 2 is 2.05 bits per heavy atom. The van der Waals surface area contributed by atoms with Crippen molar-refractivity contribution in [2.45, 2.75) is 13.5 Å². The topological polar surface area (TPSA) is 64.4 Å².